The highest BCUT2D eigenvalue weighted by Gasteiger charge is 2.23. The van der Waals surface area contributed by atoms with Gasteiger partial charge in [0.05, 0.1) is 5.69 Å². The summed E-state index contributed by atoms with van der Waals surface area (Å²) in [6.07, 6.45) is 15.0. The second-order valence-corrected chi connectivity index (χ2v) is 10.0. The van der Waals surface area contributed by atoms with E-state index in [-0.39, 0.29) is 6.04 Å². The van der Waals surface area contributed by atoms with E-state index < -0.39 is 0 Å². The molecular weight excluding hydrogens is 416 g/mol. The highest BCUT2D eigenvalue weighted by Crippen LogP contribution is 2.34. The summed E-state index contributed by atoms with van der Waals surface area (Å²) >= 11 is 0. The smallest absolute Gasteiger partial charge is 0.133 e. The molecule has 2 atom stereocenters. The van der Waals surface area contributed by atoms with Gasteiger partial charge in [-0.15, -0.1) is 0 Å². The van der Waals surface area contributed by atoms with E-state index in [1.54, 1.807) is 0 Å². The summed E-state index contributed by atoms with van der Waals surface area (Å²) in [5.41, 5.74) is 18.0. The molecule has 4 rings (SSSR count). The van der Waals surface area contributed by atoms with Gasteiger partial charge >= 0.3 is 0 Å². The maximum Gasteiger partial charge on any atom is 0.133 e. The summed E-state index contributed by atoms with van der Waals surface area (Å²) in [4.78, 5) is 5.00. The molecular formula is C30H43N4+. The maximum absolute atomic E-state index is 6.25. The highest BCUT2D eigenvalue weighted by atomic mass is 15.2. The topological polar surface area (TPSA) is 60.1 Å². The van der Waals surface area contributed by atoms with Crippen LogP contribution in [-0.2, 0) is 0 Å². The quantitative estimate of drug-likeness (QED) is 0.404. The van der Waals surface area contributed by atoms with Crippen molar-refractivity contribution in [3.63, 3.8) is 0 Å². The van der Waals surface area contributed by atoms with Crippen LogP contribution in [0.15, 0.2) is 66.4 Å². The van der Waals surface area contributed by atoms with Gasteiger partial charge in [-0.3, -0.25) is 0 Å². The molecule has 0 saturated heterocycles. The Morgan fingerprint density at radius 2 is 1.35 bits per heavy atom. The predicted octanol–water partition coefficient (Wildman–Crippen LogP) is 6.02. The van der Waals surface area contributed by atoms with Crippen molar-refractivity contribution >= 4 is 17.1 Å². The van der Waals surface area contributed by atoms with E-state index in [0.29, 0.717) is 6.04 Å². The molecule has 0 radical (unpaired) electrons. The number of unbranched alkanes of at least 4 members (excludes halogenated alkanes) is 7. The summed E-state index contributed by atoms with van der Waals surface area (Å²) in [7, 11) is 0. The number of anilines is 2. The molecule has 0 aromatic heterocycles. The predicted molar refractivity (Wildman–Crippen MR) is 146 cm³/mol. The minimum Gasteiger partial charge on any atom is -0.398 e. The standard InChI is InChI=1S/C30H42N4/c1-23-21-27(31)25-15-9-11-17-29(25)33(23)19-13-7-5-3-4-6-8-14-20-34-24(2)22-28(32)26-16-10-12-18-30(26)34/h9-12,15-18,21-23,28H,3-8,13-14,19-20,31-32H2,1-2H3/p+1. The van der Waals surface area contributed by atoms with E-state index in [4.69, 9.17) is 5.73 Å². The fourth-order valence-electron chi connectivity index (χ4n) is 5.57. The summed E-state index contributed by atoms with van der Waals surface area (Å²) in [6, 6.07) is 17.9. The zero-order valence-corrected chi connectivity index (χ0v) is 21.2. The van der Waals surface area contributed by atoms with Crippen molar-refractivity contribution in [1.29, 1.82) is 0 Å². The van der Waals surface area contributed by atoms with Crippen molar-refractivity contribution in [1.82, 2.24) is 0 Å². The Morgan fingerprint density at radius 3 is 2.09 bits per heavy atom. The van der Waals surface area contributed by atoms with Crippen LogP contribution in [0.1, 0.15) is 82.4 Å². The second kappa shape index (κ2) is 11.6. The number of benzene rings is 2. The molecule has 2 aromatic rings. The number of fused-ring (bicyclic) bond motifs is 2. The van der Waals surface area contributed by atoms with Gasteiger partial charge in [0.25, 0.3) is 0 Å². The lowest BCUT2D eigenvalue weighted by atomic mass is 9.98. The highest BCUT2D eigenvalue weighted by molar-refractivity contribution is 5.79. The van der Waals surface area contributed by atoms with Gasteiger partial charge in [0.2, 0.25) is 0 Å². The molecule has 2 aliphatic heterocycles. The summed E-state index contributed by atoms with van der Waals surface area (Å²) in [5.74, 6) is 0. The van der Waals surface area contributed by atoms with Crippen molar-refractivity contribution in [2.45, 2.75) is 77.3 Å². The monoisotopic (exact) mass is 459 g/mol. The van der Waals surface area contributed by atoms with Crippen molar-refractivity contribution in [2.75, 3.05) is 22.9 Å². The number of nitrogens with two attached hydrogens (primary N) is 1. The molecule has 34 heavy (non-hydrogen) atoms. The van der Waals surface area contributed by atoms with Crippen LogP contribution in [-0.4, -0.2) is 19.1 Å². The van der Waals surface area contributed by atoms with E-state index in [2.05, 4.69) is 90.1 Å². The molecule has 0 aliphatic carbocycles. The molecule has 2 unspecified atom stereocenters. The Morgan fingerprint density at radius 1 is 0.765 bits per heavy atom. The first-order valence-electron chi connectivity index (χ1n) is 13.3. The molecule has 0 saturated carbocycles. The first kappa shape index (κ1) is 24.4. The lowest BCUT2D eigenvalue weighted by Gasteiger charge is -2.35. The number of allylic oxidation sites excluding steroid dienone is 1. The molecule has 0 spiro atoms. The number of para-hydroxylation sites is 2. The van der Waals surface area contributed by atoms with Gasteiger partial charge < -0.3 is 21.3 Å². The van der Waals surface area contributed by atoms with Crippen molar-refractivity contribution in [2.24, 2.45) is 5.73 Å². The van der Waals surface area contributed by atoms with E-state index in [0.717, 1.165) is 18.8 Å². The third-order valence-corrected chi connectivity index (χ3v) is 7.46. The van der Waals surface area contributed by atoms with Crippen molar-refractivity contribution < 1.29 is 5.73 Å². The van der Waals surface area contributed by atoms with E-state index in [9.17, 15) is 0 Å². The van der Waals surface area contributed by atoms with Crippen LogP contribution in [0, 0.1) is 0 Å². The van der Waals surface area contributed by atoms with Crippen LogP contribution in [0.4, 0.5) is 11.4 Å². The minimum atomic E-state index is 0.273. The number of rotatable bonds is 11. The molecule has 4 nitrogen and oxygen atoms in total. The average Bonchev–Trinajstić information content (AvgIpc) is 2.83. The SMILES string of the molecule is CC1=CC([NH3+])c2ccccc2N1CCCCCCCCCCN1c2ccccc2C(N)=CC1C. The first-order chi connectivity index (χ1) is 16.6. The van der Waals surface area contributed by atoms with Crippen LogP contribution < -0.4 is 21.3 Å². The maximum atomic E-state index is 6.25. The fraction of sp³-hybridized carbons (Fsp3) is 0.467. The van der Waals surface area contributed by atoms with Crippen LogP contribution in [0.2, 0.25) is 0 Å². The third kappa shape index (κ3) is 5.67. The van der Waals surface area contributed by atoms with Gasteiger partial charge in [-0.2, -0.15) is 0 Å². The number of hydrogen-bond donors (Lipinski definition) is 2. The van der Waals surface area contributed by atoms with Gasteiger partial charge in [0.15, 0.2) is 0 Å². The normalized spacial score (nSPS) is 19.4. The Kier molecular flexibility index (Phi) is 8.34. The molecule has 2 aliphatic rings. The number of hydrogen-bond acceptors (Lipinski definition) is 3. The number of quaternary nitrogens is 1. The second-order valence-electron chi connectivity index (χ2n) is 10.0. The van der Waals surface area contributed by atoms with Crippen LogP contribution in [0.25, 0.3) is 5.70 Å². The van der Waals surface area contributed by atoms with Crippen LogP contribution in [0.5, 0.6) is 0 Å². The summed E-state index contributed by atoms with van der Waals surface area (Å²) in [5, 5.41) is 0. The average molecular weight is 460 g/mol. The molecule has 2 aromatic carbocycles. The molecule has 0 fully saturated rings. The van der Waals surface area contributed by atoms with Crippen molar-refractivity contribution in [3.8, 4) is 0 Å². The van der Waals surface area contributed by atoms with Gasteiger partial charge in [0.1, 0.15) is 6.04 Å². The van der Waals surface area contributed by atoms with Gasteiger partial charge in [-0.25, -0.2) is 0 Å². The van der Waals surface area contributed by atoms with Crippen LogP contribution >= 0.6 is 0 Å². The van der Waals surface area contributed by atoms with Crippen molar-refractivity contribution in [3.05, 3.63) is 77.5 Å². The van der Waals surface area contributed by atoms with Crippen LogP contribution in [0.3, 0.4) is 0 Å². The molecule has 0 bridgehead atoms. The molecule has 4 heteroatoms. The minimum absolute atomic E-state index is 0.273. The Balaban J connectivity index is 1.10. The fourth-order valence-corrected chi connectivity index (χ4v) is 5.57. The molecule has 182 valence electrons. The molecule has 0 amide bonds. The van der Waals surface area contributed by atoms with Gasteiger partial charge in [-0.05, 0) is 51.0 Å². The lowest BCUT2D eigenvalue weighted by Crippen LogP contribution is -2.54. The first-order valence-corrected chi connectivity index (χ1v) is 13.3. The van der Waals surface area contributed by atoms with E-state index >= 15 is 0 Å². The number of nitrogens with zero attached hydrogens (tertiary/aromatic N) is 2. The van der Waals surface area contributed by atoms with E-state index in [1.807, 2.05) is 0 Å². The Bertz CT molecular complexity index is 1010. The zero-order chi connectivity index (χ0) is 23.9. The van der Waals surface area contributed by atoms with Gasteiger partial charge in [0, 0.05) is 47.3 Å². The third-order valence-electron chi connectivity index (χ3n) is 7.46. The molecule has 5 N–H and O–H groups in total. The van der Waals surface area contributed by atoms with Gasteiger partial charge in [-0.1, -0.05) is 74.9 Å². The van der Waals surface area contributed by atoms with E-state index in [1.165, 1.54) is 79.6 Å². The summed E-state index contributed by atoms with van der Waals surface area (Å²) < 4.78 is 0. The lowest BCUT2D eigenvalue weighted by molar-refractivity contribution is -0.409. The largest absolute Gasteiger partial charge is 0.398 e. The Hall–Kier alpha value is -2.72. The molecule has 2 heterocycles. The Labute approximate surface area is 206 Å². The summed E-state index contributed by atoms with van der Waals surface area (Å²) in [6.45, 7) is 6.70. The zero-order valence-electron chi connectivity index (χ0n) is 21.2.